The Kier molecular flexibility index (Phi) is 4.72. The van der Waals surface area contributed by atoms with Gasteiger partial charge in [0.1, 0.15) is 0 Å². The summed E-state index contributed by atoms with van der Waals surface area (Å²) in [6.07, 6.45) is 5.30. The van der Waals surface area contributed by atoms with Crippen molar-refractivity contribution in [3.05, 3.63) is 34.3 Å². The lowest BCUT2D eigenvalue weighted by Gasteiger charge is -2.50. The summed E-state index contributed by atoms with van der Waals surface area (Å²) in [6.45, 7) is 8.13. The first kappa shape index (κ1) is 15.5. The van der Waals surface area contributed by atoms with E-state index in [2.05, 4.69) is 64.3 Å². The molecular formula is C18H27BrN2. The molecule has 1 saturated carbocycles. The molecule has 2 fully saturated rings. The Morgan fingerprint density at radius 1 is 1.19 bits per heavy atom. The molecule has 2 nitrogen and oxygen atoms in total. The first-order valence-corrected chi connectivity index (χ1v) is 9.19. The molecule has 3 heteroatoms. The topological polar surface area (TPSA) is 15.3 Å². The maximum absolute atomic E-state index is 3.85. The lowest BCUT2D eigenvalue weighted by atomic mass is 9.86. The molecule has 0 spiro atoms. The van der Waals surface area contributed by atoms with Gasteiger partial charge in [-0.2, -0.15) is 0 Å². The van der Waals surface area contributed by atoms with Crippen molar-refractivity contribution in [2.24, 2.45) is 5.92 Å². The van der Waals surface area contributed by atoms with Gasteiger partial charge in [-0.05, 0) is 49.3 Å². The van der Waals surface area contributed by atoms with Crippen LogP contribution in [0, 0.1) is 5.92 Å². The Bertz CT molecular complexity index is 463. The molecule has 1 saturated heterocycles. The van der Waals surface area contributed by atoms with Crippen LogP contribution in [0.4, 0.5) is 0 Å². The van der Waals surface area contributed by atoms with E-state index in [-0.39, 0.29) is 0 Å². The summed E-state index contributed by atoms with van der Waals surface area (Å²) in [6, 6.07) is 9.56. The lowest BCUT2D eigenvalue weighted by molar-refractivity contribution is 0.0203. The highest BCUT2D eigenvalue weighted by atomic mass is 79.9. The Morgan fingerprint density at radius 3 is 2.43 bits per heavy atom. The molecule has 1 aliphatic heterocycles. The van der Waals surface area contributed by atoms with E-state index in [1.807, 2.05) is 0 Å². The first-order chi connectivity index (χ1) is 10.2. The predicted molar refractivity (Wildman–Crippen MR) is 92.4 cm³/mol. The molecule has 3 rings (SSSR count). The molecule has 1 heterocycles. The molecule has 1 aliphatic carbocycles. The van der Waals surface area contributed by atoms with Gasteiger partial charge in [0.15, 0.2) is 0 Å². The van der Waals surface area contributed by atoms with E-state index >= 15 is 0 Å². The van der Waals surface area contributed by atoms with E-state index in [1.54, 1.807) is 0 Å². The molecule has 0 radical (unpaired) electrons. The summed E-state index contributed by atoms with van der Waals surface area (Å²) in [5, 5.41) is 3.85. The number of nitrogens with one attached hydrogen (secondary N) is 1. The van der Waals surface area contributed by atoms with Crippen LogP contribution in [0.25, 0.3) is 0 Å². The van der Waals surface area contributed by atoms with E-state index in [0.717, 1.165) is 19.0 Å². The highest BCUT2D eigenvalue weighted by molar-refractivity contribution is 9.10. The van der Waals surface area contributed by atoms with Crippen molar-refractivity contribution >= 4 is 15.9 Å². The number of benzene rings is 1. The molecular weight excluding hydrogens is 324 g/mol. The van der Waals surface area contributed by atoms with Crippen LogP contribution in [0.1, 0.15) is 45.1 Å². The molecule has 1 N–H and O–H groups in total. The van der Waals surface area contributed by atoms with Gasteiger partial charge in [0.25, 0.3) is 0 Å². The normalized spacial score (nSPS) is 26.0. The Labute approximate surface area is 137 Å². The second kappa shape index (κ2) is 6.39. The van der Waals surface area contributed by atoms with Gasteiger partial charge < -0.3 is 5.32 Å². The van der Waals surface area contributed by atoms with E-state index in [1.165, 1.54) is 42.3 Å². The van der Waals surface area contributed by atoms with Crippen LogP contribution in [-0.4, -0.2) is 29.6 Å². The molecule has 1 aromatic carbocycles. The van der Waals surface area contributed by atoms with Crippen molar-refractivity contribution in [1.29, 1.82) is 0 Å². The third-order valence-electron chi connectivity index (χ3n) is 5.58. The van der Waals surface area contributed by atoms with Crippen LogP contribution < -0.4 is 5.32 Å². The Hall–Kier alpha value is -0.380. The zero-order valence-corrected chi connectivity index (χ0v) is 14.8. The fourth-order valence-corrected chi connectivity index (χ4v) is 4.00. The number of hydrogen-bond acceptors (Lipinski definition) is 2. The van der Waals surface area contributed by atoms with Crippen molar-refractivity contribution in [1.82, 2.24) is 10.2 Å². The van der Waals surface area contributed by atoms with E-state index < -0.39 is 0 Å². The molecule has 0 amide bonds. The van der Waals surface area contributed by atoms with Crippen LogP contribution in [0.3, 0.4) is 0 Å². The maximum Gasteiger partial charge on any atom is 0.0333 e. The van der Waals surface area contributed by atoms with Gasteiger partial charge in [-0.1, -0.05) is 41.9 Å². The summed E-state index contributed by atoms with van der Waals surface area (Å²) >= 11 is 3.53. The Morgan fingerprint density at radius 2 is 1.86 bits per heavy atom. The van der Waals surface area contributed by atoms with E-state index in [4.69, 9.17) is 0 Å². The number of piperazine rings is 1. The molecule has 1 aromatic rings. The van der Waals surface area contributed by atoms with Crippen LogP contribution in [0.5, 0.6) is 0 Å². The van der Waals surface area contributed by atoms with Gasteiger partial charge in [-0.3, -0.25) is 4.90 Å². The number of hydrogen-bond donors (Lipinski definition) is 1. The molecule has 116 valence electrons. The van der Waals surface area contributed by atoms with Gasteiger partial charge >= 0.3 is 0 Å². The molecule has 0 aromatic heterocycles. The molecule has 0 bridgehead atoms. The second-order valence-electron chi connectivity index (χ2n) is 6.76. The molecule has 1 atom stereocenters. The average molecular weight is 351 g/mol. The van der Waals surface area contributed by atoms with Crippen molar-refractivity contribution in [3.8, 4) is 0 Å². The van der Waals surface area contributed by atoms with Gasteiger partial charge in [-0.15, -0.1) is 0 Å². The van der Waals surface area contributed by atoms with Crippen molar-refractivity contribution in [2.45, 2.75) is 57.7 Å². The SMILES string of the molecule is CCC1(CC)CNC(C2CC2)CN1Cc1ccc(Br)cc1. The van der Waals surface area contributed by atoms with E-state index in [9.17, 15) is 0 Å². The van der Waals surface area contributed by atoms with Gasteiger partial charge in [0, 0.05) is 35.7 Å². The minimum absolute atomic E-state index is 0.332. The Balaban J connectivity index is 1.76. The van der Waals surface area contributed by atoms with Crippen molar-refractivity contribution in [3.63, 3.8) is 0 Å². The highest BCUT2D eigenvalue weighted by Gasteiger charge is 2.43. The zero-order valence-electron chi connectivity index (χ0n) is 13.2. The maximum atomic E-state index is 3.85. The fourth-order valence-electron chi connectivity index (χ4n) is 3.73. The van der Waals surface area contributed by atoms with Crippen LogP contribution in [-0.2, 0) is 6.54 Å². The highest BCUT2D eigenvalue weighted by Crippen LogP contribution is 2.37. The summed E-state index contributed by atoms with van der Waals surface area (Å²) in [7, 11) is 0. The van der Waals surface area contributed by atoms with Crippen molar-refractivity contribution < 1.29 is 0 Å². The number of halogens is 1. The van der Waals surface area contributed by atoms with Gasteiger partial charge in [-0.25, -0.2) is 0 Å². The minimum Gasteiger partial charge on any atom is -0.311 e. The molecule has 21 heavy (non-hydrogen) atoms. The van der Waals surface area contributed by atoms with Gasteiger partial charge in [0.2, 0.25) is 0 Å². The third kappa shape index (κ3) is 3.35. The summed E-state index contributed by atoms with van der Waals surface area (Å²) in [5.41, 5.74) is 1.76. The van der Waals surface area contributed by atoms with Crippen LogP contribution in [0.2, 0.25) is 0 Å². The van der Waals surface area contributed by atoms with Crippen LogP contribution >= 0.6 is 15.9 Å². The molecule has 2 aliphatic rings. The average Bonchev–Trinajstić information content (AvgIpc) is 3.34. The number of rotatable bonds is 5. The minimum atomic E-state index is 0.332. The first-order valence-electron chi connectivity index (χ1n) is 8.40. The van der Waals surface area contributed by atoms with Crippen LogP contribution in [0.15, 0.2) is 28.7 Å². The standard InChI is InChI=1S/C18H27BrN2/c1-3-18(4-2)13-20-17(15-7-8-15)12-21(18)11-14-5-9-16(19)10-6-14/h5-6,9-10,15,17,20H,3-4,7-8,11-13H2,1-2H3. The van der Waals surface area contributed by atoms with Gasteiger partial charge in [0.05, 0.1) is 0 Å². The van der Waals surface area contributed by atoms with Crippen molar-refractivity contribution in [2.75, 3.05) is 13.1 Å². The zero-order chi connectivity index (χ0) is 14.9. The summed E-state index contributed by atoms with van der Waals surface area (Å²) in [4.78, 5) is 2.76. The smallest absolute Gasteiger partial charge is 0.0333 e. The summed E-state index contributed by atoms with van der Waals surface area (Å²) < 4.78 is 1.17. The third-order valence-corrected chi connectivity index (χ3v) is 6.10. The largest absolute Gasteiger partial charge is 0.311 e. The summed E-state index contributed by atoms with van der Waals surface area (Å²) in [5.74, 6) is 0.934. The molecule has 1 unspecified atom stereocenters. The van der Waals surface area contributed by atoms with E-state index in [0.29, 0.717) is 11.6 Å². The second-order valence-corrected chi connectivity index (χ2v) is 7.68. The quantitative estimate of drug-likeness (QED) is 0.856. The number of nitrogens with zero attached hydrogens (tertiary/aromatic N) is 1. The fraction of sp³-hybridized carbons (Fsp3) is 0.667. The monoisotopic (exact) mass is 350 g/mol. The predicted octanol–water partition coefficient (Wildman–Crippen LogP) is 4.19. The lowest BCUT2D eigenvalue weighted by Crippen LogP contribution is -2.64.